The summed E-state index contributed by atoms with van der Waals surface area (Å²) in [7, 11) is 3.32. The van der Waals surface area contributed by atoms with E-state index in [1.165, 1.54) is 0 Å². The van der Waals surface area contributed by atoms with Gasteiger partial charge in [-0.2, -0.15) is 16.9 Å². The van der Waals surface area contributed by atoms with Gasteiger partial charge in [0.2, 0.25) is 5.88 Å². The van der Waals surface area contributed by atoms with Gasteiger partial charge in [0.1, 0.15) is 5.56 Å². The fourth-order valence-corrected chi connectivity index (χ4v) is 2.71. The summed E-state index contributed by atoms with van der Waals surface area (Å²) in [6.45, 7) is 5.97. The molecule has 19 heavy (non-hydrogen) atoms. The molecule has 0 fully saturated rings. The molecule has 1 aromatic rings. The summed E-state index contributed by atoms with van der Waals surface area (Å²) in [6.07, 6.45) is 0.964. The van der Waals surface area contributed by atoms with Gasteiger partial charge in [-0.25, -0.2) is 4.68 Å². The van der Waals surface area contributed by atoms with Crippen molar-refractivity contribution in [3.63, 3.8) is 0 Å². The van der Waals surface area contributed by atoms with Gasteiger partial charge in [-0.15, -0.1) is 0 Å². The zero-order valence-electron chi connectivity index (χ0n) is 12.3. The lowest BCUT2D eigenvalue weighted by molar-refractivity contribution is 0.0935. The maximum atomic E-state index is 12.3. The summed E-state index contributed by atoms with van der Waals surface area (Å²) < 4.78 is 6.82. The number of nitrogens with zero attached hydrogens (tertiary/aromatic N) is 2. The normalized spacial score (nSPS) is 12.3. The van der Waals surface area contributed by atoms with E-state index < -0.39 is 0 Å². The van der Waals surface area contributed by atoms with E-state index in [2.05, 4.69) is 17.3 Å². The SMILES string of the molecule is CCSCC[C@@H](C)NC(=O)c1c(C)nn(C)c1OC. The summed E-state index contributed by atoms with van der Waals surface area (Å²) >= 11 is 1.88. The van der Waals surface area contributed by atoms with E-state index >= 15 is 0 Å². The van der Waals surface area contributed by atoms with E-state index in [0.29, 0.717) is 17.1 Å². The Hall–Kier alpha value is -1.17. The van der Waals surface area contributed by atoms with E-state index in [4.69, 9.17) is 4.74 Å². The van der Waals surface area contributed by atoms with E-state index in [9.17, 15) is 4.79 Å². The summed E-state index contributed by atoms with van der Waals surface area (Å²) in [4.78, 5) is 12.3. The number of thioether (sulfide) groups is 1. The number of amides is 1. The van der Waals surface area contributed by atoms with Gasteiger partial charge in [0.15, 0.2) is 0 Å². The van der Waals surface area contributed by atoms with Crippen molar-refractivity contribution in [2.75, 3.05) is 18.6 Å². The van der Waals surface area contributed by atoms with Crippen LogP contribution in [0, 0.1) is 6.92 Å². The van der Waals surface area contributed by atoms with Gasteiger partial charge in [0.05, 0.1) is 12.8 Å². The molecule has 0 spiro atoms. The Balaban J connectivity index is 2.68. The summed E-state index contributed by atoms with van der Waals surface area (Å²) in [6, 6.07) is 0.149. The van der Waals surface area contributed by atoms with Crippen molar-refractivity contribution in [1.29, 1.82) is 0 Å². The number of carbonyl (C=O) groups is 1. The Morgan fingerprint density at radius 1 is 1.58 bits per heavy atom. The lowest BCUT2D eigenvalue weighted by Crippen LogP contribution is -2.33. The second-order valence-corrected chi connectivity index (χ2v) is 5.85. The summed E-state index contributed by atoms with van der Waals surface area (Å²) in [5, 5.41) is 7.21. The average molecular weight is 285 g/mol. The van der Waals surface area contributed by atoms with Crippen LogP contribution in [-0.2, 0) is 7.05 Å². The van der Waals surface area contributed by atoms with Gasteiger partial charge in [-0.05, 0) is 31.8 Å². The van der Waals surface area contributed by atoms with Crippen molar-refractivity contribution >= 4 is 17.7 Å². The third kappa shape index (κ3) is 4.16. The average Bonchev–Trinajstić information content (AvgIpc) is 2.63. The second kappa shape index (κ2) is 7.43. The van der Waals surface area contributed by atoms with E-state index in [1.807, 2.05) is 25.6 Å². The molecule has 108 valence electrons. The molecule has 1 rings (SSSR count). The minimum atomic E-state index is -0.114. The van der Waals surface area contributed by atoms with Gasteiger partial charge in [-0.1, -0.05) is 6.92 Å². The van der Waals surface area contributed by atoms with Crippen LogP contribution in [0.2, 0.25) is 0 Å². The van der Waals surface area contributed by atoms with E-state index in [1.54, 1.807) is 18.8 Å². The molecular formula is C13H23N3O2S. The predicted molar refractivity (Wildman–Crippen MR) is 79.0 cm³/mol. The second-order valence-electron chi connectivity index (χ2n) is 4.45. The Morgan fingerprint density at radius 2 is 2.26 bits per heavy atom. The van der Waals surface area contributed by atoms with Crippen molar-refractivity contribution in [2.45, 2.75) is 33.2 Å². The fourth-order valence-electron chi connectivity index (χ4n) is 1.91. The molecule has 1 N–H and O–H groups in total. The smallest absolute Gasteiger partial charge is 0.258 e. The number of rotatable bonds is 7. The molecule has 0 aromatic carbocycles. The van der Waals surface area contributed by atoms with Crippen molar-refractivity contribution in [3.8, 4) is 5.88 Å². The monoisotopic (exact) mass is 285 g/mol. The van der Waals surface area contributed by atoms with Crippen molar-refractivity contribution in [3.05, 3.63) is 11.3 Å². The fraction of sp³-hybridized carbons (Fsp3) is 0.692. The van der Waals surface area contributed by atoms with Crippen LogP contribution in [0.15, 0.2) is 0 Å². The molecule has 0 saturated heterocycles. The molecule has 6 heteroatoms. The van der Waals surface area contributed by atoms with Crippen LogP contribution in [0.3, 0.4) is 0 Å². The molecule has 0 aliphatic rings. The van der Waals surface area contributed by atoms with Gasteiger partial charge < -0.3 is 10.1 Å². The minimum absolute atomic E-state index is 0.114. The molecule has 0 aliphatic carbocycles. The van der Waals surface area contributed by atoms with Gasteiger partial charge in [0, 0.05) is 13.1 Å². The molecule has 0 radical (unpaired) electrons. The lowest BCUT2D eigenvalue weighted by Gasteiger charge is -2.13. The van der Waals surface area contributed by atoms with Crippen LogP contribution in [0.4, 0.5) is 0 Å². The predicted octanol–water partition coefficient (Wildman–Crippen LogP) is 2.00. The zero-order valence-corrected chi connectivity index (χ0v) is 13.1. The highest BCUT2D eigenvalue weighted by Gasteiger charge is 2.22. The highest BCUT2D eigenvalue weighted by molar-refractivity contribution is 7.99. The molecule has 1 amide bonds. The maximum Gasteiger partial charge on any atom is 0.258 e. The highest BCUT2D eigenvalue weighted by atomic mass is 32.2. The number of hydrogen-bond acceptors (Lipinski definition) is 4. The first kappa shape index (κ1) is 15.9. The van der Waals surface area contributed by atoms with Gasteiger partial charge in [0.25, 0.3) is 5.91 Å². The number of methoxy groups -OCH3 is 1. The van der Waals surface area contributed by atoms with Crippen molar-refractivity contribution in [2.24, 2.45) is 7.05 Å². The molecule has 5 nitrogen and oxygen atoms in total. The van der Waals surface area contributed by atoms with Crippen LogP contribution >= 0.6 is 11.8 Å². The zero-order chi connectivity index (χ0) is 14.4. The number of aromatic nitrogens is 2. The topological polar surface area (TPSA) is 56.2 Å². The Bertz CT molecular complexity index is 432. The Kier molecular flexibility index (Phi) is 6.21. The third-order valence-electron chi connectivity index (χ3n) is 2.87. The largest absolute Gasteiger partial charge is 0.481 e. The molecule has 1 aromatic heterocycles. The summed E-state index contributed by atoms with van der Waals surface area (Å²) in [5.41, 5.74) is 1.21. The van der Waals surface area contributed by atoms with Crippen LogP contribution in [0.1, 0.15) is 36.3 Å². The molecular weight excluding hydrogens is 262 g/mol. The van der Waals surface area contributed by atoms with Crippen LogP contribution in [0.25, 0.3) is 0 Å². The first-order chi connectivity index (χ1) is 9.01. The van der Waals surface area contributed by atoms with Crippen molar-refractivity contribution in [1.82, 2.24) is 15.1 Å². The molecule has 0 unspecified atom stereocenters. The first-order valence-corrected chi connectivity index (χ1v) is 7.62. The molecule has 0 bridgehead atoms. The van der Waals surface area contributed by atoms with E-state index in [-0.39, 0.29) is 11.9 Å². The van der Waals surface area contributed by atoms with Gasteiger partial charge >= 0.3 is 0 Å². The lowest BCUT2D eigenvalue weighted by atomic mass is 10.2. The highest BCUT2D eigenvalue weighted by Crippen LogP contribution is 2.20. The Morgan fingerprint density at radius 3 is 2.84 bits per heavy atom. The van der Waals surface area contributed by atoms with Crippen LogP contribution in [-0.4, -0.2) is 40.3 Å². The number of ether oxygens (including phenoxy) is 1. The maximum absolute atomic E-state index is 12.3. The molecule has 0 aliphatic heterocycles. The van der Waals surface area contributed by atoms with Crippen molar-refractivity contribution < 1.29 is 9.53 Å². The third-order valence-corrected chi connectivity index (χ3v) is 3.80. The van der Waals surface area contributed by atoms with Crippen LogP contribution in [0.5, 0.6) is 5.88 Å². The first-order valence-electron chi connectivity index (χ1n) is 6.47. The molecule has 1 heterocycles. The number of nitrogens with one attached hydrogen (secondary N) is 1. The Labute approximate surface area is 119 Å². The minimum Gasteiger partial charge on any atom is -0.481 e. The number of aryl methyl sites for hydroxylation is 2. The van der Waals surface area contributed by atoms with Gasteiger partial charge in [-0.3, -0.25) is 4.79 Å². The molecule has 1 atom stereocenters. The van der Waals surface area contributed by atoms with E-state index in [0.717, 1.165) is 17.9 Å². The molecule has 0 saturated carbocycles. The quantitative estimate of drug-likeness (QED) is 0.779. The van der Waals surface area contributed by atoms with Crippen LogP contribution < -0.4 is 10.1 Å². The standard InChI is InChI=1S/C13H23N3O2S/c1-6-19-8-7-9(2)14-12(17)11-10(3)15-16(4)13(11)18-5/h9H,6-8H2,1-5H3,(H,14,17)/t9-/m1/s1. The number of carbonyl (C=O) groups excluding carboxylic acids is 1. The number of hydrogen-bond donors (Lipinski definition) is 1. The summed E-state index contributed by atoms with van der Waals surface area (Å²) in [5.74, 6) is 2.55.